The van der Waals surface area contributed by atoms with E-state index in [0.717, 1.165) is 0 Å². The van der Waals surface area contributed by atoms with Gasteiger partial charge < -0.3 is 19.5 Å². The molecular formula is C23H20F9N5O4S. The zero-order valence-electron chi connectivity index (χ0n) is 21.6. The van der Waals surface area contributed by atoms with Gasteiger partial charge in [0.1, 0.15) is 11.3 Å². The smallest absolute Gasteiger partial charge is 0.415 e. The highest BCUT2D eigenvalue weighted by molar-refractivity contribution is 7.18. The molecule has 0 saturated carbocycles. The third-order valence-electron chi connectivity index (χ3n) is 6.42. The molecule has 0 aliphatic carbocycles. The zero-order valence-corrected chi connectivity index (χ0v) is 22.4. The number of likely N-dealkylation sites (tertiary alicyclic amines) is 1. The Morgan fingerprint density at radius 2 is 1.67 bits per heavy atom. The highest BCUT2D eigenvalue weighted by Gasteiger charge is 2.72. The summed E-state index contributed by atoms with van der Waals surface area (Å²) in [4.78, 5) is 21.1. The Morgan fingerprint density at radius 1 is 1.05 bits per heavy atom. The van der Waals surface area contributed by atoms with Crippen LogP contribution >= 0.6 is 11.3 Å². The van der Waals surface area contributed by atoms with Gasteiger partial charge in [0.15, 0.2) is 5.01 Å². The van der Waals surface area contributed by atoms with Gasteiger partial charge in [0.25, 0.3) is 17.4 Å². The van der Waals surface area contributed by atoms with Gasteiger partial charge in [0, 0.05) is 24.3 Å². The first kappa shape index (κ1) is 31.6. The van der Waals surface area contributed by atoms with Gasteiger partial charge in [-0.05, 0) is 39.7 Å². The van der Waals surface area contributed by atoms with Crippen molar-refractivity contribution in [2.45, 2.75) is 69.4 Å². The van der Waals surface area contributed by atoms with Crippen LogP contribution in [-0.2, 0) is 17.4 Å². The molecule has 0 unspecified atom stereocenters. The maximum Gasteiger partial charge on any atom is 0.432 e. The topological polar surface area (TPSA) is 125 Å². The van der Waals surface area contributed by atoms with Crippen molar-refractivity contribution in [1.29, 1.82) is 0 Å². The number of alkyl halides is 9. The lowest BCUT2D eigenvalue weighted by atomic mass is 9.94. The molecule has 0 bridgehead atoms. The molecule has 1 fully saturated rings. The average molecular weight is 633 g/mol. The Labute approximate surface area is 234 Å². The van der Waals surface area contributed by atoms with Gasteiger partial charge in [0.2, 0.25) is 5.89 Å². The Bertz CT molecular complexity index is 1480. The molecule has 4 rings (SSSR count). The predicted molar refractivity (Wildman–Crippen MR) is 125 cm³/mol. The van der Waals surface area contributed by atoms with Crippen molar-refractivity contribution in [1.82, 2.24) is 25.1 Å². The number of pyridine rings is 1. The second kappa shape index (κ2) is 10.1. The number of thiazole rings is 1. The lowest BCUT2D eigenvalue weighted by Crippen LogP contribution is -2.54. The lowest BCUT2D eigenvalue weighted by molar-refractivity contribution is -0.377. The van der Waals surface area contributed by atoms with Crippen molar-refractivity contribution in [3.63, 3.8) is 0 Å². The number of aromatic nitrogens is 4. The molecule has 1 aliphatic rings. The molecule has 0 spiro atoms. The number of hydrogen-bond donors (Lipinski definition) is 2. The largest absolute Gasteiger partial charge is 0.432 e. The second-order valence-electron chi connectivity index (χ2n) is 9.98. The fourth-order valence-corrected chi connectivity index (χ4v) is 5.19. The molecular weight excluding hydrogens is 613 g/mol. The molecule has 1 amide bonds. The fourth-order valence-electron chi connectivity index (χ4n) is 4.19. The van der Waals surface area contributed by atoms with Crippen LogP contribution in [0, 0.1) is 0 Å². The summed E-state index contributed by atoms with van der Waals surface area (Å²) in [6, 6.07) is -0.932. The van der Waals surface area contributed by atoms with Gasteiger partial charge in [-0.1, -0.05) is 0 Å². The number of aliphatic hydroxyl groups is 2. The Hall–Kier alpha value is -3.32. The van der Waals surface area contributed by atoms with Gasteiger partial charge in [-0.3, -0.25) is 9.78 Å². The monoisotopic (exact) mass is 633 g/mol. The number of rotatable bonds is 5. The van der Waals surface area contributed by atoms with Crippen LogP contribution in [-0.4, -0.2) is 66.1 Å². The molecule has 1 atom stereocenters. The molecule has 1 aliphatic heterocycles. The molecule has 2 N–H and O–H groups in total. The van der Waals surface area contributed by atoms with Crippen molar-refractivity contribution in [2.75, 3.05) is 6.54 Å². The minimum atomic E-state index is -6.50. The lowest BCUT2D eigenvalue weighted by Gasteiger charge is -2.32. The van der Waals surface area contributed by atoms with Crippen LogP contribution in [0.5, 0.6) is 0 Å². The number of amides is 1. The standard InChI is InChI=1S/C23H20F9N5O4S/c1-9-5-4-6-37(9)17(38)13-14(42-16(34-13)15-35-36-18(41-15)19(2,3)39)10-8-33-12(7-11(10)21(24,25)26)20(40,22(27,28)29)23(30,31)32/h7-9,39-40H,4-6H2,1-3H3/t9-/m0/s1. The van der Waals surface area contributed by atoms with Crippen LogP contribution in [0.4, 0.5) is 39.5 Å². The van der Waals surface area contributed by atoms with E-state index in [1.165, 1.54) is 18.7 Å². The first-order valence-corrected chi connectivity index (χ1v) is 12.7. The van der Waals surface area contributed by atoms with E-state index in [9.17, 15) is 54.5 Å². The summed E-state index contributed by atoms with van der Waals surface area (Å²) in [5, 5.41) is 26.7. The molecule has 0 radical (unpaired) electrons. The maximum absolute atomic E-state index is 14.2. The highest BCUT2D eigenvalue weighted by Crippen LogP contribution is 2.51. The van der Waals surface area contributed by atoms with Crippen molar-refractivity contribution < 1.29 is 58.9 Å². The van der Waals surface area contributed by atoms with E-state index < -0.39 is 75.0 Å². The minimum Gasteiger partial charge on any atom is -0.415 e. The average Bonchev–Trinajstić information content (AvgIpc) is 3.59. The van der Waals surface area contributed by atoms with Crippen molar-refractivity contribution >= 4 is 17.2 Å². The minimum absolute atomic E-state index is 0.0537. The molecule has 0 aromatic carbocycles. The SMILES string of the molecule is C[C@H]1CCCN1C(=O)c1nc(-c2nnc(C(C)(C)O)o2)sc1-c1cnc(C(O)(C(F)(F)F)C(F)(F)F)cc1C(F)(F)F. The van der Waals surface area contributed by atoms with Crippen LogP contribution < -0.4 is 0 Å². The third kappa shape index (κ3) is 5.44. The molecule has 42 heavy (non-hydrogen) atoms. The van der Waals surface area contributed by atoms with E-state index in [1.54, 1.807) is 6.92 Å². The van der Waals surface area contributed by atoms with Gasteiger partial charge in [-0.15, -0.1) is 21.5 Å². The maximum atomic E-state index is 14.2. The number of carbonyl (C=O) groups is 1. The molecule has 9 nitrogen and oxygen atoms in total. The predicted octanol–water partition coefficient (Wildman–Crippen LogP) is 5.44. The van der Waals surface area contributed by atoms with Crippen molar-refractivity contribution in [2.24, 2.45) is 0 Å². The Kier molecular flexibility index (Phi) is 7.64. The van der Waals surface area contributed by atoms with Crippen molar-refractivity contribution in [3.05, 3.63) is 35.1 Å². The van der Waals surface area contributed by atoms with E-state index in [0.29, 0.717) is 24.2 Å². The Balaban J connectivity index is 1.97. The summed E-state index contributed by atoms with van der Waals surface area (Å²) < 4.78 is 128. The second-order valence-corrected chi connectivity index (χ2v) is 11.0. The van der Waals surface area contributed by atoms with E-state index in [-0.39, 0.29) is 29.7 Å². The summed E-state index contributed by atoms with van der Waals surface area (Å²) in [5.41, 5.74) is -13.5. The van der Waals surface area contributed by atoms with Crippen LogP contribution in [0.3, 0.4) is 0 Å². The summed E-state index contributed by atoms with van der Waals surface area (Å²) in [6.45, 7) is 4.43. The van der Waals surface area contributed by atoms with Gasteiger partial charge >= 0.3 is 18.5 Å². The molecule has 230 valence electrons. The third-order valence-corrected chi connectivity index (χ3v) is 7.50. The normalized spacial score (nSPS) is 17.3. The summed E-state index contributed by atoms with van der Waals surface area (Å²) in [6.07, 6.45) is -17.4. The molecule has 3 aromatic rings. The zero-order chi connectivity index (χ0) is 31.6. The number of carbonyl (C=O) groups excluding carboxylic acids is 1. The molecule has 4 heterocycles. The number of hydrogen-bond acceptors (Lipinski definition) is 9. The van der Waals surface area contributed by atoms with Crippen LogP contribution in [0.25, 0.3) is 21.3 Å². The fraction of sp³-hybridized carbons (Fsp3) is 0.522. The van der Waals surface area contributed by atoms with Crippen LogP contribution in [0.1, 0.15) is 61.2 Å². The first-order valence-electron chi connectivity index (χ1n) is 11.9. The Morgan fingerprint density at radius 3 is 2.14 bits per heavy atom. The van der Waals surface area contributed by atoms with Crippen LogP contribution in [0.2, 0.25) is 0 Å². The quantitative estimate of drug-likeness (QED) is 0.356. The highest BCUT2D eigenvalue weighted by atomic mass is 32.1. The summed E-state index contributed by atoms with van der Waals surface area (Å²) in [5.74, 6) is -1.64. The van der Waals surface area contributed by atoms with E-state index >= 15 is 0 Å². The number of halogens is 9. The van der Waals surface area contributed by atoms with Crippen molar-refractivity contribution in [3.8, 4) is 21.3 Å². The van der Waals surface area contributed by atoms with Gasteiger partial charge in [0.05, 0.1) is 16.1 Å². The van der Waals surface area contributed by atoms with Crippen LogP contribution in [0.15, 0.2) is 16.7 Å². The molecule has 1 saturated heterocycles. The van der Waals surface area contributed by atoms with E-state index in [4.69, 9.17) is 4.42 Å². The van der Waals surface area contributed by atoms with Gasteiger partial charge in [-0.2, -0.15) is 39.5 Å². The van der Waals surface area contributed by atoms with Gasteiger partial charge in [-0.25, -0.2) is 4.98 Å². The van der Waals surface area contributed by atoms with E-state index in [1.807, 2.05) is 0 Å². The van der Waals surface area contributed by atoms with E-state index in [2.05, 4.69) is 20.2 Å². The molecule has 19 heteroatoms. The summed E-state index contributed by atoms with van der Waals surface area (Å²) in [7, 11) is 0. The number of nitrogens with zero attached hydrogens (tertiary/aromatic N) is 5. The first-order chi connectivity index (χ1) is 19.1. The molecule has 3 aromatic heterocycles. The summed E-state index contributed by atoms with van der Waals surface area (Å²) >= 11 is 0.349.